The lowest BCUT2D eigenvalue weighted by Crippen LogP contribution is -2.58. The summed E-state index contributed by atoms with van der Waals surface area (Å²) in [5, 5.41) is 0. The van der Waals surface area contributed by atoms with Gasteiger partial charge in [-0.3, -0.25) is 4.90 Å². The molecule has 2 aliphatic carbocycles. The van der Waals surface area contributed by atoms with Crippen molar-refractivity contribution in [3.63, 3.8) is 0 Å². The van der Waals surface area contributed by atoms with Gasteiger partial charge in [0.15, 0.2) is 0 Å². The van der Waals surface area contributed by atoms with Crippen molar-refractivity contribution in [2.45, 2.75) is 43.7 Å². The van der Waals surface area contributed by atoms with Crippen molar-refractivity contribution in [2.24, 2.45) is 5.73 Å². The number of nitrogens with zero attached hydrogens (tertiary/aromatic N) is 1. The maximum absolute atomic E-state index is 6.12. The van der Waals surface area contributed by atoms with Gasteiger partial charge in [0, 0.05) is 18.1 Å². The predicted molar refractivity (Wildman–Crippen MR) is 71.0 cm³/mol. The summed E-state index contributed by atoms with van der Waals surface area (Å²) in [5.74, 6) is 0. The Hall–Kier alpha value is -0.860. The van der Waals surface area contributed by atoms with E-state index in [4.69, 9.17) is 5.73 Å². The summed E-state index contributed by atoms with van der Waals surface area (Å²) in [5.41, 5.74) is 9.32. The lowest BCUT2D eigenvalue weighted by atomic mass is 9.85. The van der Waals surface area contributed by atoms with E-state index in [-0.39, 0.29) is 5.54 Å². The Bertz CT molecular complexity index is 384. The highest BCUT2D eigenvalue weighted by Gasteiger charge is 2.43. The maximum Gasteiger partial charge on any atom is 0.0412 e. The summed E-state index contributed by atoms with van der Waals surface area (Å²) in [7, 11) is 2.28. The van der Waals surface area contributed by atoms with Gasteiger partial charge >= 0.3 is 0 Å². The molecule has 0 unspecified atom stereocenters. The highest BCUT2D eigenvalue weighted by molar-refractivity contribution is 5.36. The van der Waals surface area contributed by atoms with E-state index in [0.717, 1.165) is 25.4 Å². The summed E-state index contributed by atoms with van der Waals surface area (Å²) >= 11 is 0. The first-order valence-corrected chi connectivity index (χ1v) is 6.75. The summed E-state index contributed by atoms with van der Waals surface area (Å²) in [4.78, 5) is 2.58. The first kappa shape index (κ1) is 11.2. The fourth-order valence-electron chi connectivity index (χ4n) is 3.37. The van der Waals surface area contributed by atoms with E-state index in [1.807, 2.05) is 0 Å². The third-order valence-corrected chi connectivity index (χ3v) is 4.91. The van der Waals surface area contributed by atoms with Crippen molar-refractivity contribution in [2.75, 3.05) is 13.6 Å². The Balaban J connectivity index is 1.86. The van der Waals surface area contributed by atoms with Crippen molar-refractivity contribution < 1.29 is 0 Å². The van der Waals surface area contributed by atoms with E-state index >= 15 is 0 Å². The second kappa shape index (κ2) is 4.11. The van der Waals surface area contributed by atoms with Gasteiger partial charge < -0.3 is 5.73 Å². The number of benzene rings is 1. The molecular weight excluding hydrogens is 208 g/mol. The van der Waals surface area contributed by atoms with Crippen LogP contribution in [-0.4, -0.2) is 30.1 Å². The molecule has 2 N–H and O–H groups in total. The number of likely N-dealkylation sites (N-methyl/N-ethyl adjacent to an activating group) is 1. The monoisotopic (exact) mass is 230 g/mol. The molecular formula is C15H22N2. The molecule has 0 atom stereocenters. The zero-order chi connectivity index (χ0) is 11.9. The number of fused-ring (bicyclic) bond motifs is 1. The molecule has 17 heavy (non-hydrogen) atoms. The van der Waals surface area contributed by atoms with Crippen LogP contribution in [0.5, 0.6) is 0 Å². The molecule has 0 aliphatic heterocycles. The molecule has 0 aromatic heterocycles. The van der Waals surface area contributed by atoms with E-state index in [2.05, 4.69) is 36.2 Å². The zero-order valence-corrected chi connectivity index (χ0v) is 10.7. The Morgan fingerprint density at radius 1 is 1.24 bits per heavy atom. The highest BCUT2D eigenvalue weighted by Crippen LogP contribution is 2.38. The molecule has 0 spiro atoms. The minimum atomic E-state index is 0.189. The van der Waals surface area contributed by atoms with Crippen molar-refractivity contribution in [1.29, 1.82) is 0 Å². The Morgan fingerprint density at radius 3 is 2.24 bits per heavy atom. The van der Waals surface area contributed by atoms with E-state index < -0.39 is 0 Å². The highest BCUT2D eigenvalue weighted by atomic mass is 15.2. The maximum atomic E-state index is 6.12. The van der Waals surface area contributed by atoms with Crippen molar-refractivity contribution in [3.8, 4) is 0 Å². The quantitative estimate of drug-likeness (QED) is 0.860. The first-order chi connectivity index (χ1) is 8.25. The molecule has 0 heterocycles. The second-order valence-electron chi connectivity index (χ2n) is 5.75. The largest absolute Gasteiger partial charge is 0.329 e. The van der Waals surface area contributed by atoms with Crippen LogP contribution in [0.25, 0.3) is 0 Å². The summed E-state index contributed by atoms with van der Waals surface area (Å²) in [6.07, 6.45) is 6.37. The van der Waals surface area contributed by atoms with Crippen molar-refractivity contribution in [3.05, 3.63) is 35.4 Å². The Kier molecular flexibility index (Phi) is 2.72. The van der Waals surface area contributed by atoms with E-state index in [1.54, 1.807) is 0 Å². The minimum Gasteiger partial charge on any atom is -0.329 e. The van der Waals surface area contributed by atoms with Crippen LogP contribution in [0.4, 0.5) is 0 Å². The average Bonchev–Trinajstić information content (AvgIpc) is 2.66. The molecule has 3 rings (SSSR count). The van der Waals surface area contributed by atoms with Crippen molar-refractivity contribution in [1.82, 2.24) is 4.90 Å². The molecule has 92 valence electrons. The predicted octanol–water partition coefficient (Wildman–Crippen LogP) is 1.97. The number of hydrogen-bond donors (Lipinski definition) is 1. The molecule has 1 aromatic rings. The van der Waals surface area contributed by atoms with E-state index in [1.165, 1.54) is 30.4 Å². The molecule has 2 nitrogen and oxygen atoms in total. The van der Waals surface area contributed by atoms with Crippen LogP contribution in [0.3, 0.4) is 0 Å². The summed E-state index contributed by atoms with van der Waals surface area (Å²) < 4.78 is 0. The zero-order valence-electron chi connectivity index (χ0n) is 10.7. The third-order valence-electron chi connectivity index (χ3n) is 4.91. The standard InChI is InChI=1S/C15H22N2/c1-17(14-7-4-8-14)15(11-16)9-12-5-2-3-6-13(12)10-15/h2-3,5-6,14H,4,7-11,16H2,1H3. The summed E-state index contributed by atoms with van der Waals surface area (Å²) in [6.45, 7) is 0.773. The fraction of sp³-hybridized carbons (Fsp3) is 0.600. The molecule has 2 heteroatoms. The van der Waals surface area contributed by atoms with Gasteiger partial charge in [-0.25, -0.2) is 0 Å². The average molecular weight is 230 g/mol. The number of hydrogen-bond acceptors (Lipinski definition) is 2. The molecule has 0 amide bonds. The molecule has 0 radical (unpaired) electrons. The lowest BCUT2D eigenvalue weighted by molar-refractivity contribution is 0.0444. The first-order valence-electron chi connectivity index (χ1n) is 6.75. The topological polar surface area (TPSA) is 29.3 Å². The van der Waals surface area contributed by atoms with Gasteiger partial charge in [-0.2, -0.15) is 0 Å². The Labute approximate surface area is 104 Å². The molecule has 0 saturated heterocycles. The van der Waals surface area contributed by atoms with Crippen LogP contribution in [-0.2, 0) is 12.8 Å². The number of rotatable bonds is 3. The van der Waals surface area contributed by atoms with Gasteiger partial charge in [0.25, 0.3) is 0 Å². The molecule has 0 bridgehead atoms. The van der Waals surface area contributed by atoms with Crippen LogP contribution in [0, 0.1) is 0 Å². The van der Waals surface area contributed by atoms with Crippen LogP contribution in [0.15, 0.2) is 24.3 Å². The van der Waals surface area contributed by atoms with Crippen LogP contribution < -0.4 is 5.73 Å². The third kappa shape index (κ3) is 1.71. The lowest BCUT2D eigenvalue weighted by Gasteiger charge is -2.46. The normalized spacial score (nSPS) is 22.5. The molecule has 1 aromatic carbocycles. The molecule has 2 aliphatic rings. The van der Waals surface area contributed by atoms with Gasteiger partial charge in [0.1, 0.15) is 0 Å². The summed E-state index contributed by atoms with van der Waals surface area (Å²) in [6, 6.07) is 9.60. The Morgan fingerprint density at radius 2 is 1.82 bits per heavy atom. The van der Waals surface area contributed by atoms with Crippen LogP contribution in [0.1, 0.15) is 30.4 Å². The minimum absolute atomic E-state index is 0.189. The number of nitrogens with two attached hydrogens (primary N) is 1. The van der Waals surface area contributed by atoms with Crippen LogP contribution in [0.2, 0.25) is 0 Å². The van der Waals surface area contributed by atoms with E-state index in [0.29, 0.717) is 0 Å². The van der Waals surface area contributed by atoms with Gasteiger partial charge in [-0.05, 0) is 43.9 Å². The second-order valence-corrected chi connectivity index (χ2v) is 5.75. The molecule has 1 fully saturated rings. The van der Waals surface area contributed by atoms with Crippen LogP contribution >= 0.6 is 0 Å². The smallest absolute Gasteiger partial charge is 0.0412 e. The van der Waals surface area contributed by atoms with Gasteiger partial charge in [0.05, 0.1) is 0 Å². The van der Waals surface area contributed by atoms with E-state index in [9.17, 15) is 0 Å². The fourth-order valence-corrected chi connectivity index (χ4v) is 3.37. The van der Waals surface area contributed by atoms with Crippen molar-refractivity contribution >= 4 is 0 Å². The molecule has 1 saturated carbocycles. The van der Waals surface area contributed by atoms with Gasteiger partial charge in [-0.15, -0.1) is 0 Å². The van der Waals surface area contributed by atoms with Gasteiger partial charge in [0.2, 0.25) is 0 Å². The SMILES string of the molecule is CN(C1CCC1)C1(CN)Cc2ccccc2C1. The van der Waals surface area contributed by atoms with Gasteiger partial charge in [-0.1, -0.05) is 30.7 Å².